The molecule has 1 aliphatic rings. The number of aryl methyl sites for hydroxylation is 1. The Balaban J connectivity index is 2.06. The molecule has 5 heteroatoms. The third kappa shape index (κ3) is 3.46. The van der Waals surface area contributed by atoms with Gasteiger partial charge >= 0.3 is 0 Å². The number of rotatable bonds is 5. The molecule has 0 spiro atoms. The molecule has 0 heterocycles. The van der Waals surface area contributed by atoms with Gasteiger partial charge in [-0.25, -0.2) is 8.78 Å². The maximum Gasteiger partial charge on any atom is 0.163 e. The molecule has 0 amide bonds. The van der Waals surface area contributed by atoms with Crippen LogP contribution < -0.4 is 11.3 Å². The summed E-state index contributed by atoms with van der Waals surface area (Å²) in [7, 11) is 0. The van der Waals surface area contributed by atoms with Gasteiger partial charge in [-0.15, -0.1) is 0 Å². The smallest absolute Gasteiger partial charge is 0.163 e. The molecule has 2 nitrogen and oxygen atoms in total. The van der Waals surface area contributed by atoms with E-state index in [0.717, 1.165) is 0 Å². The molecule has 1 aliphatic carbocycles. The monoisotopic (exact) mass is 286 g/mol. The van der Waals surface area contributed by atoms with Gasteiger partial charge in [-0.3, -0.25) is 11.3 Å². The lowest BCUT2D eigenvalue weighted by molar-refractivity contribution is 0.474. The first-order chi connectivity index (χ1) is 9.13. The fourth-order valence-corrected chi connectivity index (χ4v) is 3.85. The van der Waals surface area contributed by atoms with Crippen LogP contribution in [0.1, 0.15) is 42.9 Å². The molecule has 0 aliphatic heterocycles. The van der Waals surface area contributed by atoms with E-state index in [0.29, 0.717) is 22.1 Å². The molecule has 1 atom stereocenters. The summed E-state index contributed by atoms with van der Waals surface area (Å²) in [6.45, 7) is 1.56. The Hall–Kier alpha value is -0.650. The molecule has 1 unspecified atom stereocenters. The van der Waals surface area contributed by atoms with Crippen molar-refractivity contribution in [2.24, 2.45) is 5.84 Å². The van der Waals surface area contributed by atoms with Crippen LogP contribution >= 0.6 is 11.8 Å². The zero-order chi connectivity index (χ0) is 13.8. The summed E-state index contributed by atoms with van der Waals surface area (Å²) < 4.78 is 27.5. The fraction of sp³-hybridized carbons (Fsp3) is 0.571. The maximum absolute atomic E-state index is 13.9. The minimum absolute atomic E-state index is 0.316. The van der Waals surface area contributed by atoms with E-state index in [4.69, 9.17) is 5.84 Å². The fourth-order valence-electron chi connectivity index (χ4n) is 2.45. The number of nitrogens with one attached hydrogen (secondary N) is 1. The Morgan fingerprint density at radius 3 is 2.63 bits per heavy atom. The molecule has 0 radical (unpaired) electrons. The molecule has 1 fully saturated rings. The minimum atomic E-state index is -0.782. The van der Waals surface area contributed by atoms with E-state index in [1.54, 1.807) is 30.8 Å². The van der Waals surface area contributed by atoms with Gasteiger partial charge in [-0.1, -0.05) is 25.0 Å². The van der Waals surface area contributed by atoms with Crippen LogP contribution in [0.25, 0.3) is 0 Å². The lowest BCUT2D eigenvalue weighted by atomic mass is 10.1. The average Bonchev–Trinajstić information content (AvgIpc) is 2.92. The number of hydrazine groups is 1. The predicted octanol–water partition coefficient (Wildman–Crippen LogP) is 3.45. The zero-order valence-electron chi connectivity index (χ0n) is 11.1. The quantitative estimate of drug-likeness (QED) is 0.643. The van der Waals surface area contributed by atoms with E-state index < -0.39 is 11.6 Å². The van der Waals surface area contributed by atoms with Gasteiger partial charge in [0.15, 0.2) is 11.6 Å². The third-order valence-electron chi connectivity index (χ3n) is 3.68. The molecule has 2 rings (SSSR count). The van der Waals surface area contributed by atoms with Crippen LogP contribution in [0.2, 0.25) is 0 Å². The predicted molar refractivity (Wildman–Crippen MR) is 75.9 cm³/mol. The second-order valence-electron chi connectivity index (χ2n) is 5.06. The molecule has 3 N–H and O–H groups in total. The molecule has 0 bridgehead atoms. The summed E-state index contributed by atoms with van der Waals surface area (Å²) in [5.74, 6) is 4.60. The first-order valence-electron chi connectivity index (χ1n) is 6.65. The number of halogens is 2. The van der Waals surface area contributed by atoms with Crippen molar-refractivity contribution in [3.05, 3.63) is 34.9 Å². The summed E-state index contributed by atoms with van der Waals surface area (Å²) in [5.41, 5.74) is 3.24. The molecule has 19 heavy (non-hydrogen) atoms. The van der Waals surface area contributed by atoms with Crippen LogP contribution in [0.5, 0.6) is 0 Å². The van der Waals surface area contributed by atoms with Crippen LogP contribution in [0.3, 0.4) is 0 Å². The van der Waals surface area contributed by atoms with Crippen molar-refractivity contribution in [2.75, 3.05) is 5.75 Å². The molecule has 0 aromatic heterocycles. The first-order valence-corrected chi connectivity index (χ1v) is 7.70. The van der Waals surface area contributed by atoms with Crippen LogP contribution in [-0.2, 0) is 0 Å². The zero-order valence-corrected chi connectivity index (χ0v) is 11.9. The highest BCUT2D eigenvalue weighted by atomic mass is 32.2. The molecular weight excluding hydrogens is 266 g/mol. The number of hydrogen-bond acceptors (Lipinski definition) is 3. The molecular formula is C14H20F2N2S. The van der Waals surface area contributed by atoms with E-state index in [1.807, 2.05) is 0 Å². The van der Waals surface area contributed by atoms with Crippen molar-refractivity contribution < 1.29 is 8.78 Å². The van der Waals surface area contributed by atoms with Gasteiger partial charge in [0.05, 0.1) is 6.04 Å². The van der Waals surface area contributed by atoms with E-state index in [-0.39, 0.29) is 6.04 Å². The third-order valence-corrected chi connectivity index (χ3v) is 5.15. The summed E-state index contributed by atoms with van der Waals surface area (Å²) in [4.78, 5) is 0. The topological polar surface area (TPSA) is 38.0 Å². The van der Waals surface area contributed by atoms with Crippen LogP contribution in [0.4, 0.5) is 8.78 Å². The Morgan fingerprint density at radius 1 is 1.32 bits per heavy atom. The average molecular weight is 286 g/mol. The second-order valence-corrected chi connectivity index (χ2v) is 6.39. The van der Waals surface area contributed by atoms with Crippen molar-refractivity contribution in [3.63, 3.8) is 0 Å². The van der Waals surface area contributed by atoms with Gasteiger partial charge < -0.3 is 0 Å². The Morgan fingerprint density at radius 2 is 2.00 bits per heavy atom. The summed E-state index contributed by atoms with van der Waals surface area (Å²) in [5, 5.41) is 0.634. The molecule has 106 valence electrons. The highest BCUT2D eigenvalue weighted by molar-refractivity contribution is 7.99. The Bertz CT molecular complexity index is 434. The van der Waals surface area contributed by atoms with E-state index >= 15 is 0 Å². The van der Waals surface area contributed by atoms with Gasteiger partial charge in [0.25, 0.3) is 0 Å². The van der Waals surface area contributed by atoms with Crippen molar-refractivity contribution in [1.82, 2.24) is 5.43 Å². The summed E-state index contributed by atoms with van der Waals surface area (Å²) in [6, 6.07) is 2.87. The van der Waals surface area contributed by atoms with Gasteiger partial charge in [0.2, 0.25) is 0 Å². The van der Waals surface area contributed by atoms with Crippen molar-refractivity contribution in [3.8, 4) is 0 Å². The van der Waals surface area contributed by atoms with Gasteiger partial charge in [-0.2, -0.15) is 11.8 Å². The number of benzene rings is 1. The van der Waals surface area contributed by atoms with E-state index in [9.17, 15) is 8.78 Å². The standard InChI is InChI=1S/C14H20F2N2S/c1-9-6-7-11(14(16)13(9)15)12(18-17)8-19-10-4-2-3-5-10/h6-7,10,12,18H,2-5,8,17H2,1H3. The second kappa shape index (κ2) is 6.68. The lowest BCUT2D eigenvalue weighted by Crippen LogP contribution is -2.31. The maximum atomic E-state index is 13.9. The Kier molecular flexibility index (Phi) is 5.19. The SMILES string of the molecule is Cc1ccc(C(CSC2CCCC2)NN)c(F)c1F. The van der Waals surface area contributed by atoms with Crippen molar-refractivity contribution in [1.29, 1.82) is 0 Å². The summed E-state index contributed by atoms with van der Waals surface area (Å²) in [6.07, 6.45) is 4.97. The molecule has 1 aromatic rings. The number of thioether (sulfide) groups is 1. The number of nitrogens with two attached hydrogens (primary N) is 1. The van der Waals surface area contributed by atoms with Crippen LogP contribution in [0, 0.1) is 18.6 Å². The van der Waals surface area contributed by atoms with Gasteiger partial charge in [0, 0.05) is 16.6 Å². The molecule has 0 saturated heterocycles. The van der Waals surface area contributed by atoms with Crippen molar-refractivity contribution in [2.45, 2.75) is 43.9 Å². The highest BCUT2D eigenvalue weighted by Crippen LogP contribution is 2.32. The van der Waals surface area contributed by atoms with E-state index in [1.165, 1.54) is 25.7 Å². The van der Waals surface area contributed by atoms with Gasteiger partial charge in [0.1, 0.15) is 0 Å². The molecule has 1 aromatic carbocycles. The lowest BCUT2D eigenvalue weighted by Gasteiger charge is -2.19. The van der Waals surface area contributed by atoms with Gasteiger partial charge in [-0.05, 0) is 25.3 Å². The van der Waals surface area contributed by atoms with E-state index in [2.05, 4.69) is 5.43 Å². The molecule has 1 saturated carbocycles. The highest BCUT2D eigenvalue weighted by Gasteiger charge is 2.22. The largest absolute Gasteiger partial charge is 0.271 e. The number of hydrogen-bond donors (Lipinski definition) is 2. The minimum Gasteiger partial charge on any atom is -0.271 e. The van der Waals surface area contributed by atoms with Crippen LogP contribution in [-0.4, -0.2) is 11.0 Å². The Labute approximate surface area is 117 Å². The normalized spacial score (nSPS) is 17.9. The first kappa shape index (κ1) is 14.8. The summed E-state index contributed by atoms with van der Waals surface area (Å²) >= 11 is 1.80. The van der Waals surface area contributed by atoms with Crippen LogP contribution in [0.15, 0.2) is 12.1 Å². The van der Waals surface area contributed by atoms with Crippen molar-refractivity contribution >= 4 is 11.8 Å².